The third-order valence-electron chi connectivity index (χ3n) is 6.56. The number of hydrogen-bond donors (Lipinski definition) is 0. The van der Waals surface area contributed by atoms with Gasteiger partial charge in [0, 0.05) is 41.9 Å². The molecule has 1 amide bonds. The number of nitrogens with zero attached hydrogens (tertiary/aromatic N) is 4. The normalized spacial score (nSPS) is 22.1. The van der Waals surface area contributed by atoms with Crippen LogP contribution in [0, 0.1) is 11.7 Å². The Balaban J connectivity index is 1.39. The summed E-state index contributed by atoms with van der Waals surface area (Å²) in [6.07, 6.45) is 2.26. The van der Waals surface area contributed by atoms with Crippen LogP contribution in [-0.2, 0) is 12.6 Å². The van der Waals surface area contributed by atoms with Gasteiger partial charge in [0.25, 0.3) is 5.91 Å². The van der Waals surface area contributed by atoms with E-state index in [-0.39, 0.29) is 29.4 Å². The van der Waals surface area contributed by atoms with E-state index >= 15 is 0 Å². The second kappa shape index (κ2) is 8.20. The number of pyridine rings is 1. The Kier molecular flexibility index (Phi) is 5.34. The van der Waals surface area contributed by atoms with Gasteiger partial charge in [-0.25, -0.2) is 14.4 Å². The fourth-order valence-corrected chi connectivity index (χ4v) is 5.13. The molecule has 9 heteroatoms. The summed E-state index contributed by atoms with van der Waals surface area (Å²) in [4.78, 5) is 27.6. The molecule has 0 radical (unpaired) electrons. The van der Waals surface area contributed by atoms with Gasteiger partial charge in [-0.1, -0.05) is 12.1 Å². The summed E-state index contributed by atoms with van der Waals surface area (Å²) in [5.74, 6) is -0.694. The van der Waals surface area contributed by atoms with Crippen molar-refractivity contribution in [3.8, 4) is 11.4 Å². The lowest BCUT2D eigenvalue weighted by Crippen LogP contribution is -2.37. The van der Waals surface area contributed by atoms with Gasteiger partial charge in [-0.05, 0) is 55.9 Å². The van der Waals surface area contributed by atoms with Crippen LogP contribution in [0.2, 0.25) is 0 Å². The Morgan fingerprint density at radius 1 is 1.03 bits per heavy atom. The molecule has 2 aliphatic heterocycles. The largest absolute Gasteiger partial charge is 0.417 e. The number of halogens is 4. The van der Waals surface area contributed by atoms with E-state index in [4.69, 9.17) is 0 Å². The Labute approximate surface area is 187 Å². The van der Waals surface area contributed by atoms with Gasteiger partial charge in [0.15, 0.2) is 5.82 Å². The number of aromatic nitrogens is 3. The second-order valence-electron chi connectivity index (χ2n) is 8.48. The van der Waals surface area contributed by atoms with Crippen LogP contribution in [0.15, 0.2) is 55.0 Å². The SMILES string of the molecule is O=C(c1c(F)cccc1-c1ncccn1)N1C2CCC1C(Cc1ccc(C(F)(F)F)cn1)C2. The van der Waals surface area contributed by atoms with Crippen molar-refractivity contribution in [1.29, 1.82) is 0 Å². The van der Waals surface area contributed by atoms with Crippen LogP contribution in [-0.4, -0.2) is 37.8 Å². The molecule has 4 heterocycles. The average molecular weight is 456 g/mol. The summed E-state index contributed by atoms with van der Waals surface area (Å²) >= 11 is 0. The van der Waals surface area contributed by atoms with Gasteiger partial charge in [0.1, 0.15) is 5.82 Å². The van der Waals surface area contributed by atoms with Crippen LogP contribution in [0.5, 0.6) is 0 Å². The highest BCUT2D eigenvalue weighted by molar-refractivity contribution is 6.01. The van der Waals surface area contributed by atoms with Crippen LogP contribution in [0.25, 0.3) is 11.4 Å². The molecule has 3 atom stereocenters. The molecule has 2 aliphatic rings. The Bertz CT molecular complexity index is 1170. The summed E-state index contributed by atoms with van der Waals surface area (Å²) in [6, 6.07) is 8.32. The maximum Gasteiger partial charge on any atom is 0.417 e. The van der Waals surface area contributed by atoms with Crippen molar-refractivity contribution in [1.82, 2.24) is 19.9 Å². The van der Waals surface area contributed by atoms with Crippen molar-refractivity contribution in [2.45, 2.75) is 43.9 Å². The zero-order valence-corrected chi connectivity index (χ0v) is 17.5. The number of carbonyl (C=O) groups is 1. The van der Waals surface area contributed by atoms with Gasteiger partial charge in [-0.15, -0.1) is 0 Å². The lowest BCUT2D eigenvalue weighted by Gasteiger charge is -2.25. The van der Waals surface area contributed by atoms with Crippen molar-refractivity contribution < 1.29 is 22.4 Å². The third kappa shape index (κ3) is 3.96. The van der Waals surface area contributed by atoms with Crippen molar-refractivity contribution in [2.24, 2.45) is 5.92 Å². The van der Waals surface area contributed by atoms with Crippen molar-refractivity contribution in [2.75, 3.05) is 0 Å². The maximum absolute atomic E-state index is 14.9. The van der Waals surface area contributed by atoms with E-state index in [1.54, 1.807) is 17.0 Å². The van der Waals surface area contributed by atoms with Crippen molar-refractivity contribution in [3.05, 3.63) is 77.6 Å². The molecule has 33 heavy (non-hydrogen) atoms. The molecule has 3 unspecified atom stereocenters. The van der Waals surface area contributed by atoms with E-state index in [2.05, 4.69) is 15.0 Å². The first kappa shape index (κ1) is 21.5. The van der Waals surface area contributed by atoms with Gasteiger partial charge in [0.2, 0.25) is 0 Å². The van der Waals surface area contributed by atoms with E-state index in [1.807, 2.05) is 0 Å². The van der Waals surface area contributed by atoms with E-state index in [9.17, 15) is 22.4 Å². The van der Waals surface area contributed by atoms with Gasteiger partial charge >= 0.3 is 6.18 Å². The first-order valence-corrected chi connectivity index (χ1v) is 10.7. The van der Waals surface area contributed by atoms with E-state index in [0.717, 1.165) is 25.1 Å². The first-order chi connectivity index (χ1) is 15.8. The number of rotatable bonds is 4. The standard InChI is InChI=1S/C24H20F4N4O/c25-19-4-1-3-18(22-29-9-2-10-30-22)21(19)23(33)32-17-7-8-20(32)14(12-17)11-16-6-5-15(13-31-16)24(26,27)28/h1-6,9-10,13-14,17,20H,7-8,11-12H2. The molecular weight excluding hydrogens is 436 g/mol. The lowest BCUT2D eigenvalue weighted by atomic mass is 9.86. The van der Waals surface area contributed by atoms with Gasteiger partial charge in [-0.2, -0.15) is 13.2 Å². The summed E-state index contributed by atoms with van der Waals surface area (Å²) in [5.41, 5.74) is 0.0604. The minimum absolute atomic E-state index is 0.0360. The predicted molar refractivity (Wildman–Crippen MR) is 111 cm³/mol. The Hall–Kier alpha value is -3.36. The summed E-state index contributed by atoms with van der Waals surface area (Å²) in [7, 11) is 0. The highest BCUT2D eigenvalue weighted by Crippen LogP contribution is 2.44. The summed E-state index contributed by atoms with van der Waals surface area (Å²) < 4.78 is 53.3. The van der Waals surface area contributed by atoms with Crippen molar-refractivity contribution in [3.63, 3.8) is 0 Å². The molecule has 170 valence electrons. The minimum atomic E-state index is -4.43. The molecule has 0 aliphatic carbocycles. The van der Waals surface area contributed by atoms with Gasteiger partial charge < -0.3 is 4.90 Å². The number of carbonyl (C=O) groups excluding carboxylic acids is 1. The molecule has 2 saturated heterocycles. The van der Waals surface area contributed by atoms with Gasteiger partial charge in [-0.3, -0.25) is 9.78 Å². The van der Waals surface area contributed by atoms with Crippen LogP contribution < -0.4 is 0 Å². The molecule has 5 nitrogen and oxygen atoms in total. The fourth-order valence-electron chi connectivity index (χ4n) is 5.13. The number of alkyl halides is 3. The van der Waals surface area contributed by atoms with E-state index in [1.165, 1.54) is 30.6 Å². The minimum Gasteiger partial charge on any atom is -0.332 e. The van der Waals surface area contributed by atoms with Gasteiger partial charge in [0.05, 0.1) is 11.1 Å². The molecule has 0 N–H and O–H groups in total. The molecule has 3 aromatic rings. The molecule has 2 bridgehead atoms. The molecule has 0 spiro atoms. The second-order valence-corrected chi connectivity index (χ2v) is 8.48. The zero-order valence-electron chi connectivity index (χ0n) is 17.5. The molecule has 5 rings (SSSR count). The molecule has 2 fully saturated rings. The van der Waals surface area contributed by atoms with Crippen LogP contribution in [0.3, 0.4) is 0 Å². The van der Waals surface area contributed by atoms with Crippen molar-refractivity contribution >= 4 is 5.91 Å². The average Bonchev–Trinajstić information content (AvgIpc) is 3.37. The molecule has 0 saturated carbocycles. The molecule has 2 aromatic heterocycles. The Morgan fingerprint density at radius 2 is 1.82 bits per heavy atom. The number of amides is 1. The topological polar surface area (TPSA) is 59.0 Å². The number of fused-ring (bicyclic) bond motifs is 2. The highest BCUT2D eigenvalue weighted by atomic mass is 19.4. The molecule has 1 aromatic carbocycles. The first-order valence-electron chi connectivity index (χ1n) is 10.7. The highest BCUT2D eigenvalue weighted by Gasteiger charge is 2.49. The summed E-state index contributed by atoms with van der Waals surface area (Å²) in [6.45, 7) is 0. The number of hydrogen-bond acceptors (Lipinski definition) is 4. The third-order valence-corrected chi connectivity index (χ3v) is 6.56. The quantitative estimate of drug-likeness (QED) is 0.523. The maximum atomic E-state index is 14.9. The number of benzene rings is 1. The van der Waals surface area contributed by atoms with Crippen LogP contribution in [0.4, 0.5) is 17.6 Å². The zero-order chi connectivity index (χ0) is 23.2. The summed E-state index contributed by atoms with van der Waals surface area (Å²) in [5, 5.41) is 0. The van der Waals surface area contributed by atoms with Crippen LogP contribution >= 0.6 is 0 Å². The van der Waals surface area contributed by atoms with E-state index < -0.39 is 23.5 Å². The van der Waals surface area contributed by atoms with E-state index in [0.29, 0.717) is 24.1 Å². The smallest absolute Gasteiger partial charge is 0.332 e. The lowest BCUT2D eigenvalue weighted by molar-refractivity contribution is -0.137. The predicted octanol–water partition coefficient (Wildman–Crippen LogP) is 4.93. The fraction of sp³-hybridized carbons (Fsp3) is 0.333. The Morgan fingerprint density at radius 3 is 2.52 bits per heavy atom. The van der Waals surface area contributed by atoms with Crippen LogP contribution in [0.1, 0.15) is 40.9 Å². The monoisotopic (exact) mass is 456 g/mol. The molecular formula is C24H20F4N4O.